The molecule has 0 radical (unpaired) electrons. The van der Waals surface area contributed by atoms with E-state index in [1.54, 1.807) is 19.1 Å². The van der Waals surface area contributed by atoms with E-state index in [9.17, 15) is 13.2 Å². The van der Waals surface area contributed by atoms with Crippen LogP contribution in [0.4, 0.5) is 0 Å². The third-order valence-corrected chi connectivity index (χ3v) is 8.61. The number of aryl methyl sites for hydroxylation is 3. The van der Waals surface area contributed by atoms with Crippen molar-refractivity contribution >= 4 is 15.9 Å². The molecule has 2 heterocycles. The van der Waals surface area contributed by atoms with Gasteiger partial charge in [-0.25, -0.2) is 8.42 Å². The fourth-order valence-corrected chi connectivity index (χ4v) is 6.15. The van der Waals surface area contributed by atoms with Crippen molar-refractivity contribution in [3.63, 3.8) is 0 Å². The number of amides is 1. The van der Waals surface area contributed by atoms with E-state index in [0.29, 0.717) is 42.5 Å². The highest BCUT2D eigenvalue weighted by Gasteiger charge is 2.43. The van der Waals surface area contributed by atoms with Gasteiger partial charge in [0.25, 0.3) is 0 Å². The molecule has 1 aliphatic heterocycles. The summed E-state index contributed by atoms with van der Waals surface area (Å²) in [7, 11) is -3.56. The van der Waals surface area contributed by atoms with E-state index >= 15 is 0 Å². The lowest BCUT2D eigenvalue weighted by Crippen LogP contribution is -2.49. The van der Waals surface area contributed by atoms with Crippen LogP contribution >= 0.6 is 0 Å². The average molecular weight is 447 g/mol. The minimum atomic E-state index is -3.56. The normalized spacial score (nSPS) is 20.1. The Hall–Kier alpha value is -2.26. The van der Waals surface area contributed by atoms with Crippen LogP contribution in [0.25, 0.3) is 0 Å². The molecule has 1 saturated heterocycles. The third kappa shape index (κ3) is 4.25. The maximum absolute atomic E-state index is 13.1. The average Bonchev–Trinajstić information content (AvgIpc) is 3.40. The number of aromatic nitrogens is 2. The first-order valence-corrected chi connectivity index (χ1v) is 12.4. The summed E-state index contributed by atoms with van der Waals surface area (Å²) < 4.78 is 32.7. The second-order valence-corrected chi connectivity index (χ2v) is 10.8. The molecule has 1 saturated carbocycles. The standard InChI is InChI=1S/C22H30N4O4S/c1-15-6-7-19(14-16(15)2)31(28,29)26-12-8-18(9-13-26)20(27)24-22(10-4-5-11-22)21-23-17(3)30-25-21/h6-7,14,18H,4-5,8-13H2,1-3H3,(H,24,27). The van der Waals surface area contributed by atoms with Crippen LogP contribution in [0.15, 0.2) is 27.6 Å². The van der Waals surface area contributed by atoms with Gasteiger partial charge in [-0.05, 0) is 62.8 Å². The number of hydrogen-bond acceptors (Lipinski definition) is 6. The molecule has 0 bridgehead atoms. The van der Waals surface area contributed by atoms with Gasteiger partial charge < -0.3 is 9.84 Å². The maximum Gasteiger partial charge on any atom is 0.243 e. The van der Waals surface area contributed by atoms with Gasteiger partial charge in [0, 0.05) is 25.9 Å². The van der Waals surface area contributed by atoms with Crippen LogP contribution < -0.4 is 5.32 Å². The van der Waals surface area contributed by atoms with E-state index in [-0.39, 0.29) is 11.8 Å². The van der Waals surface area contributed by atoms with E-state index in [4.69, 9.17) is 4.52 Å². The van der Waals surface area contributed by atoms with Crippen LogP contribution in [0.5, 0.6) is 0 Å². The Kier molecular flexibility index (Phi) is 5.91. The van der Waals surface area contributed by atoms with Crippen LogP contribution in [0, 0.1) is 26.7 Å². The number of carbonyl (C=O) groups is 1. The van der Waals surface area contributed by atoms with Crippen molar-refractivity contribution in [3.8, 4) is 0 Å². The molecule has 0 atom stereocenters. The van der Waals surface area contributed by atoms with Crippen molar-refractivity contribution in [2.45, 2.75) is 69.7 Å². The Morgan fingerprint density at radius 2 is 1.81 bits per heavy atom. The quantitative estimate of drug-likeness (QED) is 0.757. The molecule has 1 aromatic carbocycles. The van der Waals surface area contributed by atoms with Gasteiger partial charge in [0.15, 0.2) is 5.82 Å². The molecule has 1 aromatic heterocycles. The van der Waals surface area contributed by atoms with Crippen molar-refractivity contribution in [3.05, 3.63) is 41.0 Å². The number of benzene rings is 1. The van der Waals surface area contributed by atoms with Gasteiger partial charge in [-0.1, -0.05) is 24.1 Å². The third-order valence-electron chi connectivity index (χ3n) is 6.72. The molecule has 8 nitrogen and oxygen atoms in total. The first-order chi connectivity index (χ1) is 14.7. The Morgan fingerprint density at radius 3 is 2.39 bits per heavy atom. The molecule has 2 fully saturated rings. The Morgan fingerprint density at radius 1 is 1.13 bits per heavy atom. The highest BCUT2D eigenvalue weighted by atomic mass is 32.2. The first-order valence-electron chi connectivity index (χ1n) is 10.9. The van der Waals surface area contributed by atoms with Crippen LogP contribution in [-0.4, -0.2) is 41.9 Å². The number of sulfonamides is 1. The topological polar surface area (TPSA) is 105 Å². The molecule has 0 spiro atoms. The predicted octanol–water partition coefficient (Wildman–Crippen LogP) is 2.98. The summed E-state index contributed by atoms with van der Waals surface area (Å²) in [5.41, 5.74) is 1.44. The molecule has 1 amide bonds. The first kappa shape index (κ1) is 22.0. The van der Waals surface area contributed by atoms with Crippen LogP contribution in [0.2, 0.25) is 0 Å². The van der Waals surface area contributed by atoms with Gasteiger partial charge in [0.2, 0.25) is 21.8 Å². The number of carbonyl (C=O) groups excluding carboxylic acids is 1. The second-order valence-electron chi connectivity index (χ2n) is 8.84. The lowest BCUT2D eigenvalue weighted by molar-refractivity contribution is -0.128. The number of nitrogens with one attached hydrogen (secondary N) is 1. The van der Waals surface area contributed by atoms with Gasteiger partial charge in [-0.2, -0.15) is 9.29 Å². The Bertz CT molecular complexity index is 1060. The monoisotopic (exact) mass is 446 g/mol. The minimum Gasteiger partial charge on any atom is -0.343 e. The fourth-order valence-electron chi connectivity index (χ4n) is 4.60. The molecular formula is C22H30N4O4S. The summed E-state index contributed by atoms with van der Waals surface area (Å²) in [6, 6.07) is 5.22. The van der Waals surface area contributed by atoms with E-state index in [0.717, 1.165) is 36.8 Å². The summed E-state index contributed by atoms with van der Waals surface area (Å²) in [4.78, 5) is 17.8. The summed E-state index contributed by atoms with van der Waals surface area (Å²) in [6.07, 6.45) is 4.57. The molecule has 0 unspecified atom stereocenters. The summed E-state index contributed by atoms with van der Waals surface area (Å²) in [6.45, 7) is 6.29. The van der Waals surface area contributed by atoms with E-state index in [2.05, 4.69) is 15.5 Å². The number of rotatable bonds is 5. The molecule has 2 aromatic rings. The van der Waals surface area contributed by atoms with Crippen molar-refractivity contribution in [2.75, 3.05) is 13.1 Å². The molecule has 31 heavy (non-hydrogen) atoms. The molecule has 1 N–H and O–H groups in total. The zero-order valence-corrected chi connectivity index (χ0v) is 19.2. The Labute approximate surface area is 183 Å². The van der Waals surface area contributed by atoms with E-state index in [1.165, 1.54) is 4.31 Å². The fraction of sp³-hybridized carbons (Fsp3) is 0.591. The van der Waals surface area contributed by atoms with Crippen molar-refractivity contribution < 1.29 is 17.7 Å². The van der Waals surface area contributed by atoms with Gasteiger partial charge >= 0.3 is 0 Å². The summed E-state index contributed by atoms with van der Waals surface area (Å²) >= 11 is 0. The maximum atomic E-state index is 13.1. The molecule has 4 rings (SSSR count). The summed E-state index contributed by atoms with van der Waals surface area (Å²) in [5, 5.41) is 7.27. The molecule has 9 heteroatoms. The van der Waals surface area contributed by atoms with Crippen LogP contribution in [-0.2, 0) is 20.4 Å². The lowest BCUT2D eigenvalue weighted by atomic mass is 9.92. The zero-order chi connectivity index (χ0) is 22.2. The molecule has 1 aliphatic carbocycles. The van der Waals surface area contributed by atoms with Crippen molar-refractivity contribution in [2.24, 2.45) is 5.92 Å². The molecule has 168 valence electrons. The van der Waals surface area contributed by atoms with E-state index in [1.807, 2.05) is 19.9 Å². The number of piperidine rings is 1. The SMILES string of the molecule is Cc1nc(C2(NC(=O)C3CCN(S(=O)(=O)c4ccc(C)c(C)c4)CC3)CCCC2)no1. The zero-order valence-electron chi connectivity index (χ0n) is 18.3. The summed E-state index contributed by atoms with van der Waals surface area (Å²) in [5.74, 6) is 0.759. The predicted molar refractivity (Wildman–Crippen MR) is 115 cm³/mol. The van der Waals surface area contributed by atoms with E-state index < -0.39 is 15.6 Å². The van der Waals surface area contributed by atoms with Gasteiger partial charge in [0.1, 0.15) is 5.54 Å². The highest BCUT2D eigenvalue weighted by molar-refractivity contribution is 7.89. The van der Waals surface area contributed by atoms with Crippen molar-refractivity contribution in [1.29, 1.82) is 0 Å². The molecule has 2 aliphatic rings. The van der Waals surface area contributed by atoms with Crippen LogP contribution in [0.3, 0.4) is 0 Å². The number of hydrogen-bond donors (Lipinski definition) is 1. The van der Waals surface area contributed by atoms with Crippen molar-refractivity contribution in [1.82, 2.24) is 19.8 Å². The van der Waals surface area contributed by atoms with Crippen LogP contribution in [0.1, 0.15) is 61.4 Å². The Balaban J connectivity index is 1.42. The minimum absolute atomic E-state index is 0.0485. The van der Waals surface area contributed by atoms with Gasteiger partial charge in [-0.3, -0.25) is 4.79 Å². The van der Waals surface area contributed by atoms with Gasteiger partial charge in [-0.15, -0.1) is 0 Å². The smallest absolute Gasteiger partial charge is 0.243 e. The molecular weight excluding hydrogens is 416 g/mol. The lowest BCUT2D eigenvalue weighted by Gasteiger charge is -2.33. The van der Waals surface area contributed by atoms with Gasteiger partial charge in [0.05, 0.1) is 4.90 Å². The number of nitrogens with zero attached hydrogens (tertiary/aromatic N) is 3. The second kappa shape index (κ2) is 8.35. The highest BCUT2D eigenvalue weighted by Crippen LogP contribution is 2.38. The largest absolute Gasteiger partial charge is 0.343 e.